The summed E-state index contributed by atoms with van der Waals surface area (Å²) in [6, 6.07) is 6.14. The van der Waals surface area contributed by atoms with Gasteiger partial charge in [0.05, 0.1) is 4.92 Å². The molecule has 2 rings (SSSR count). The van der Waals surface area contributed by atoms with Crippen molar-refractivity contribution in [3.63, 3.8) is 0 Å². The van der Waals surface area contributed by atoms with Gasteiger partial charge in [-0.1, -0.05) is 18.2 Å². The quantitative estimate of drug-likeness (QED) is 0.681. The molecule has 0 aromatic heterocycles. The normalized spacial score (nSPS) is 20.6. The van der Waals surface area contributed by atoms with E-state index in [0.29, 0.717) is 24.8 Å². The maximum Gasteiger partial charge on any atom is 0.272 e. The molecule has 1 unspecified atom stereocenters. The van der Waals surface area contributed by atoms with Crippen LogP contribution in [0.5, 0.6) is 0 Å². The van der Waals surface area contributed by atoms with Crippen LogP contribution in [0.25, 0.3) is 0 Å². The fourth-order valence-corrected chi connectivity index (χ4v) is 2.77. The summed E-state index contributed by atoms with van der Waals surface area (Å²) in [6.45, 7) is 0. The van der Waals surface area contributed by atoms with E-state index in [1.165, 1.54) is 6.07 Å². The second kappa shape index (κ2) is 5.83. The number of nitro benzene ring substituents is 1. The van der Waals surface area contributed by atoms with Crippen molar-refractivity contribution in [2.24, 2.45) is 11.7 Å². The molecular weight excluding hydrogens is 266 g/mol. The van der Waals surface area contributed by atoms with Crippen molar-refractivity contribution >= 4 is 5.69 Å². The Morgan fingerprint density at radius 1 is 1.35 bits per heavy atom. The van der Waals surface area contributed by atoms with Crippen molar-refractivity contribution in [2.75, 3.05) is 0 Å². The van der Waals surface area contributed by atoms with Crippen LogP contribution < -0.4 is 5.73 Å². The molecule has 4 nitrogen and oxygen atoms in total. The molecule has 0 bridgehead atoms. The third-order valence-electron chi connectivity index (χ3n) is 4.01. The third-order valence-corrected chi connectivity index (χ3v) is 4.01. The van der Waals surface area contributed by atoms with E-state index in [1.807, 2.05) is 0 Å². The van der Waals surface area contributed by atoms with Crippen molar-refractivity contribution in [3.05, 3.63) is 39.9 Å². The lowest BCUT2D eigenvalue weighted by molar-refractivity contribution is -0.385. The molecule has 1 aliphatic rings. The van der Waals surface area contributed by atoms with Gasteiger partial charge in [-0.15, -0.1) is 0 Å². The zero-order valence-electron chi connectivity index (χ0n) is 11.1. The topological polar surface area (TPSA) is 69.2 Å². The summed E-state index contributed by atoms with van der Waals surface area (Å²) in [6.07, 6.45) is 0.849. The van der Waals surface area contributed by atoms with Crippen LogP contribution in [0.4, 0.5) is 14.5 Å². The lowest BCUT2D eigenvalue weighted by atomic mass is 9.80. The average molecular weight is 284 g/mol. The Balaban J connectivity index is 2.02. The van der Waals surface area contributed by atoms with Crippen LogP contribution in [-0.2, 0) is 6.42 Å². The molecule has 1 aromatic rings. The Morgan fingerprint density at radius 3 is 2.55 bits per heavy atom. The lowest BCUT2D eigenvalue weighted by Crippen LogP contribution is -2.37. The number of alkyl halides is 2. The third kappa shape index (κ3) is 3.50. The summed E-state index contributed by atoms with van der Waals surface area (Å²) in [5.74, 6) is -2.57. The van der Waals surface area contributed by atoms with Crippen molar-refractivity contribution in [2.45, 2.75) is 44.1 Å². The smallest absolute Gasteiger partial charge is 0.272 e. The molecule has 0 heterocycles. The van der Waals surface area contributed by atoms with E-state index < -0.39 is 10.8 Å². The molecule has 0 aliphatic heterocycles. The minimum Gasteiger partial charge on any atom is -0.327 e. The summed E-state index contributed by atoms with van der Waals surface area (Å²) in [5.41, 5.74) is 6.69. The van der Waals surface area contributed by atoms with Crippen LogP contribution in [0.2, 0.25) is 0 Å². The second-order valence-corrected chi connectivity index (χ2v) is 5.45. The van der Waals surface area contributed by atoms with E-state index in [2.05, 4.69) is 0 Å². The lowest BCUT2D eigenvalue weighted by Gasteiger charge is -2.31. The second-order valence-electron chi connectivity index (χ2n) is 5.45. The molecule has 2 N–H and O–H groups in total. The van der Waals surface area contributed by atoms with E-state index in [4.69, 9.17) is 5.73 Å². The average Bonchev–Trinajstić information content (AvgIpc) is 2.38. The van der Waals surface area contributed by atoms with E-state index in [0.717, 1.165) is 0 Å². The summed E-state index contributed by atoms with van der Waals surface area (Å²) in [4.78, 5) is 10.5. The van der Waals surface area contributed by atoms with Crippen LogP contribution in [-0.4, -0.2) is 16.9 Å². The maximum absolute atomic E-state index is 13.1. The van der Waals surface area contributed by atoms with Gasteiger partial charge < -0.3 is 5.73 Å². The minimum absolute atomic E-state index is 0.00874. The number of nitrogens with two attached hydrogens (primary N) is 1. The molecule has 0 radical (unpaired) electrons. The van der Waals surface area contributed by atoms with Gasteiger partial charge in [0.2, 0.25) is 5.92 Å². The number of benzene rings is 1. The van der Waals surface area contributed by atoms with Gasteiger partial charge in [-0.3, -0.25) is 10.1 Å². The first-order chi connectivity index (χ1) is 9.39. The summed E-state index contributed by atoms with van der Waals surface area (Å²) in [7, 11) is 0. The highest BCUT2D eigenvalue weighted by Crippen LogP contribution is 2.37. The van der Waals surface area contributed by atoms with Gasteiger partial charge in [0.25, 0.3) is 5.69 Å². The van der Waals surface area contributed by atoms with Gasteiger partial charge in [0.1, 0.15) is 0 Å². The zero-order chi connectivity index (χ0) is 14.8. The summed E-state index contributed by atoms with van der Waals surface area (Å²) < 4.78 is 26.2. The zero-order valence-corrected chi connectivity index (χ0v) is 11.1. The molecule has 1 fully saturated rings. The number of hydrogen-bond acceptors (Lipinski definition) is 3. The number of para-hydroxylation sites is 1. The van der Waals surface area contributed by atoms with Crippen molar-refractivity contribution in [1.29, 1.82) is 0 Å². The predicted octanol–water partition coefficient (Wildman–Crippen LogP) is 3.29. The SMILES string of the molecule is NC(Cc1ccccc1[N+](=O)[O-])C1CCC(F)(F)CC1. The van der Waals surface area contributed by atoms with Gasteiger partial charge in [-0.25, -0.2) is 8.78 Å². The minimum atomic E-state index is -2.57. The Kier molecular flexibility index (Phi) is 4.32. The van der Waals surface area contributed by atoms with Crippen molar-refractivity contribution in [3.8, 4) is 0 Å². The first-order valence-electron chi connectivity index (χ1n) is 6.75. The Morgan fingerprint density at radius 2 is 1.95 bits per heavy atom. The van der Waals surface area contributed by atoms with Crippen LogP contribution in [0.3, 0.4) is 0 Å². The first kappa shape index (κ1) is 14.8. The summed E-state index contributed by atoms with van der Waals surface area (Å²) >= 11 is 0. The van der Waals surface area contributed by atoms with E-state index in [-0.39, 0.29) is 30.5 Å². The Hall–Kier alpha value is -1.56. The van der Waals surface area contributed by atoms with Gasteiger partial charge in [-0.05, 0) is 25.2 Å². The van der Waals surface area contributed by atoms with E-state index in [9.17, 15) is 18.9 Å². The van der Waals surface area contributed by atoms with E-state index >= 15 is 0 Å². The largest absolute Gasteiger partial charge is 0.327 e. The van der Waals surface area contributed by atoms with Crippen LogP contribution in [0.15, 0.2) is 24.3 Å². The fraction of sp³-hybridized carbons (Fsp3) is 0.571. The Labute approximate surface area is 116 Å². The highest BCUT2D eigenvalue weighted by atomic mass is 19.3. The molecule has 1 atom stereocenters. The fourth-order valence-electron chi connectivity index (χ4n) is 2.77. The molecule has 0 spiro atoms. The highest BCUT2D eigenvalue weighted by Gasteiger charge is 2.37. The molecule has 1 saturated carbocycles. The van der Waals surface area contributed by atoms with Crippen molar-refractivity contribution < 1.29 is 13.7 Å². The van der Waals surface area contributed by atoms with Crippen LogP contribution in [0.1, 0.15) is 31.2 Å². The number of hydrogen-bond donors (Lipinski definition) is 1. The number of nitrogens with zero attached hydrogens (tertiary/aromatic N) is 1. The molecule has 0 saturated heterocycles. The first-order valence-corrected chi connectivity index (χ1v) is 6.75. The molecule has 1 aliphatic carbocycles. The number of halogens is 2. The van der Waals surface area contributed by atoms with Crippen LogP contribution >= 0.6 is 0 Å². The molecular formula is C14H18F2N2O2. The highest BCUT2D eigenvalue weighted by molar-refractivity contribution is 5.40. The van der Waals surface area contributed by atoms with Gasteiger partial charge in [-0.2, -0.15) is 0 Å². The van der Waals surface area contributed by atoms with Crippen molar-refractivity contribution in [1.82, 2.24) is 0 Å². The van der Waals surface area contributed by atoms with Gasteiger partial charge >= 0.3 is 0 Å². The molecule has 20 heavy (non-hydrogen) atoms. The number of nitro groups is 1. The predicted molar refractivity (Wildman–Crippen MR) is 71.7 cm³/mol. The molecule has 6 heteroatoms. The van der Waals surface area contributed by atoms with Gasteiger partial charge in [0, 0.05) is 30.5 Å². The maximum atomic E-state index is 13.1. The van der Waals surface area contributed by atoms with Crippen LogP contribution in [0, 0.1) is 16.0 Å². The number of rotatable bonds is 4. The standard InChI is InChI=1S/C14H18F2N2O2/c15-14(16)7-5-10(6-8-14)12(17)9-11-3-1-2-4-13(11)18(19)20/h1-4,10,12H,5-9,17H2. The van der Waals surface area contributed by atoms with E-state index in [1.54, 1.807) is 18.2 Å². The summed E-state index contributed by atoms with van der Waals surface area (Å²) in [5, 5.41) is 10.9. The Bertz CT molecular complexity index is 484. The molecule has 110 valence electrons. The molecule has 0 amide bonds. The monoisotopic (exact) mass is 284 g/mol. The van der Waals surface area contributed by atoms with Gasteiger partial charge in [0.15, 0.2) is 0 Å². The molecule has 1 aromatic carbocycles.